The van der Waals surface area contributed by atoms with Crippen molar-refractivity contribution in [3.63, 3.8) is 0 Å². The number of carbonyl (C=O) groups excluding carboxylic acids is 1. The third-order valence-electron chi connectivity index (χ3n) is 5.11. The van der Waals surface area contributed by atoms with Crippen LogP contribution in [0.5, 0.6) is 0 Å². The van der Waals surface area contributed by atoms with Crippen LogP contribution in [0.1, 0.15) is 37.3 Å². The first-order valence-corrected chi connectivity index (χ1v) is 11.0. The van der Waals surface area contributed by atoms with Gasteiger partial charge in [0.1, 0.15) is 6.04 Å². The first kappa shape index (κ1) is 28.5. The largest absolute Gasteiger partial charge is 0.480 e. The minimum atomic E-state index is -1.17. The Labute approximate surface area is 199 Å². The highest BCUT2D eigenvalue weighted by molar-refractivity contribution is 6.20. The molecule has 5 N–H and O–H groups in total. The number of rotatable bonds is 17. The Kier molecular flexibility index (Phi) is 12.9. The summed E-state index contributed by atoms with van der Waals surface area (Å²) < 4.78 is 0. The summed E-state index contributed by atoms with van der Waals surface area (Å²) >= 11 is 0. The minimum Gasteiger partial charge on any atom is -0.480 e. The molecule has 0 aliphatic heterocycles. The number of aliphatic carboxylic acids is 3. The van der Waals surface area contributed by atoms with Gasteiger partial charge in [0.05, 0.1) is 13.1 Å². The molecular weight excluding hydrogens is 442 g/mol. The van der Waals surface area contributed by atoms with Gasteiger partial charge < -0.3 is 26.0 Å². The van der Waals surface area contributed by atoms with Crippen molar-refractivity contribution >= 4 is 35.5 Å². The minimum absolute atomic E-state index is 0.0701. The number of carbonyl (C=O) groups is 4. The Balaban J connectivity index is 2.61. The Bertz CT molecular complexity index is 898. The van der Waals surface area contributed by atoms with E-state index in [0.717, 1.165) is 11.1 Å². The third-order valence-corrected chi connectivity index (χ3v) is 5.11. The number of nitrogens with zero attached hydrogens (tertiary/aromatic N) is 1. The average Bonchev–Trinajstić information content (AvgIpc) is 2.78. The van der Waals surface area contributed by atoms with Gasteiger partial charge in [-0.05, 0) is 37.3 Å². The molecule has 10 heteroatoms. The maximum atomic E-state index is 12.6. The van der Waals surface area contributed by atoms with Crippen LogP contribution in [-0.4, -0.2) is 82.8 Å². The van der Waals surface area contributed by atoms with Gasteiger partial charge in [-0.3, -0.25) is 24.1 Å². The topological polar surface area (TPSA) is 156 Å². The Hall–Kier alpha value is -3.50. The Morgan fingerprint density at radius 2 is 1.76 bits per heavy atom. The fourth-order valence-corrected chi connectivity index (χ4v) is 3.49. The van der Waals surface area contributed by atoms with Gasteiger partial charge in [-0.2, -0.15) is 0 Å². The molecule has 1 rings (SSSR count). The number of carboxylic acid groups (broad SMARTS) is 3. The van der Waals surface area contributed by atoms with Crippen molar-refractivity contribution in [1.82, 2.24) is 15.5 Å². The average molecular weight is 476 g/mol. The first-order chi connectivity index (χ1) is 16.2. The van der Waals surface area contributed by atoms with Crippen LogP contribution in [0.2, 0.25) is 0 Å². The van der Waals surface area contributed by atoms with E-state index in [9.17, 15) is 24.3 Å². The Morgan fingerprint density at radius 3 is 2.35 bits per heavy atom. The number of carboxylic acids is 3. The van der Waals surface area contributed by atoms with E-state index >= 15 is 0 Å². The van der Waals surface area contributed by atoms with Crippen molar-refractivity contribution in [2.75, 3.05) is 32.7 Å². The van der Waals surface area contributed by atoms with Crippen LogP contribution >= 0.6 is 0 Å². The van der Waals surface area contributed by atoms with Gasteiger partial charge in [-0.25, -0.2) is 0 Å². The molecule has 0 saturated heterocycles. The van der Waals surface area contributed by atoms with E-state index in [-0.39, 0.29) is 32.0 Å². The molecule has 0 saturated carbocycles. The standard InChI is InChI=1S/C24H33N3O7/c1-3-17-9-5-6-10-19(17)18(4-2)23(32)26-12-8-7-11-20(24(33)34)27(16-22(30)31)14-13-25-15-21(28)29/h3-6,9-10,20,25H,1,7-8,11-16H2,2H3,(H,26,32)(H,28,29)(H,30,31)(H,33,34)/b18-4+. The quantitative estimate of drug-likeness (QED) is 0.166. The van der Waals surface area contributed by atoms with Gasteiger partial charge >= 0.3 is 17.9 Å². The fourth-order valence-electron chi connectivity index (χ4n) is 3.49. The number of benzene rings is 1. The second-order valence-electron chi connectivity index (χ2n) is 7.53. The second kappa shape index (κ2) is 15.4. The number of hydrogen-bond donors (Lipinski definition) is 5. The number of unbranched alkanes of at least 4 members (excludes halogenated alkanes) is 1. The van der Waals surface area contributed by atoms with Crippen molar-refractivity contribution in [1.29, 1.82) is 0 Å². The van der Waals surface area contributed by atoms with Gasteiger partial charge in [0.2, 0.25) is 0 Å². The van der Waals surface area contributed by atoms with Gasteiger partial charge in [-0.1, -0.05) is 43.0 Å². The van der Waals surface area contributed by atoms with E-state index < -0.39 is 30.5 Å². The number of hydrogen-bond acceptors (Lipinski definition) is 6. The molecule has 10 nitrogen and oxygen atoms in total. The zero-order valence-electron chi connectivity index (χ0n) is 19.3. The highest BCUT2D eigenvalue weighted by atomic mass is 16.4. The number of nitrogens with one attached hydrogen (secondary N) is 2. The molecule has 1 aromatic rings. The van der Waals surface area contributed by atoms with Crippen LogP contribution in [0.15, 0.2) is 36.9 Å². The molecule has 0 aromatic heterocycles. The molecule has 0 heterocycles. The van der Waals surface area contributed by atoms with Crippen molar-refractivity contribution in [3.8, 4) is 0 Å². The van der Waals surface area contributed by atoms with E-state index in [2.05, 4.69) is 17.2 Å². The molecule has 1 unspecified atom stereocenters. The molecule has 1 atom stereocenters. The maximum absolute atomic E-state index is 12.6. The molecular formula is C24H33N3O7. The first-order valence-electron chi connectivity index (χ1n) is 11.0. The Morgan fingerprint density at radius 1 is 1.06 bits per heavy atom. The summed E-state index contributed by atoms with van der Waals surface area (Å²) in [7, 11) is 0. The second-order valence-corrected chi connectivity index (χ2v) is 7.53. The highest BCUT2D eigenvalue weighted by Gasteiger charge is 2.26. The third kappa shape index (κ3) is 9.97. The van der Waals surface area contributed by atoms with Gasteiger partial charge in [0.15, 0.2) is 0 Å². The molecule has 0 aliphatic rings. The lowest BCUT2D eigenvalue weighted by atomic mass is 9.98. The maximum Gasteiger partial charge on any atom is 0.320 e. The van der Waals surface area contributed by atoms with E-state index in [1.807, 2.05) is 24.3 Å². The van der Waals surface area contributed by atoms with Crippen molar-refractivity contribution in [2.24, 2.45) is 0 Å². The van der Waals surface area contributed by atoms with Crippen LogP contribution in [0.3, 0.4) is 0 Å². The van der Waals surface area contributed by atoms with E-state index in [1.165, 1.54) is 4.90 Å². The van der Waals surface area contributed by atoms with Crippen LogP contribution in [-0.2, 0) is 19.2 Å². The zero-order valence-corrected chi connectivity index (χ0v) is 19.3. The summed E-state index contributed by atoms with van der Waals surface area (Å²) in [6.07, 6.45) is 4.55. The summed E-state index contributed by atoms with van der Waals surface area (Å²) in [4.78, 5) is 47.4. The molecule has 34 heavy (non-hydrogen) atoms. The van der Waals surface area contributed by atoms with Crippen LogP contribution in [0.25, 0.3) is 11.6 Å². The van der Waals surface area contributed by atoms with E-state index in [0.29, 0.717) is 25.0 Å². The van der Waals surface area contributed by atoms with Crippen molar-refractivity contribution in [3.05, 3.63) is 48.0 Å². The van der Waals surface area contributed by atoms with E-state index in [1.54, 1.807) is 19.1 Å². The molecule has 0 spiro atoms. The molecule has 1 amide bonds. The van der Waals surface area contributed by atoms with Gasteiger partial charge in [0.25, 0.3) is 5.91 Å². The lowest BCUT2D eigenvalue weighted by Crippen LogP contribution is -2.47. The van der Waals surface area contributed by atoms with Crippen LogP contribution in [0, 0.1) is 0 Å². The van der Waals surface area contributed by atoms with Gasteiger partial charge in [0, 0.05) is 25.2 Å². The van der Waals surface area contributed by atoms with E-state index in [4.69, 9.17) is 10.2 Å². The number of amides is 1. The van der Waals surface area contributed by atoms with Crippen LogP contribution < -0.4 is 10.6 Å². The monoisotopic (exact) mass is 475 g/mol. The van der Waals surface area contributed by atoms with Crippen molar-refractivity contribution in [2.45, 2.75) is 32.2 Å². The molecule has 0 fully saturated rings. The lowest BCUT2D eigenvalue weighted by Gasteiger charge is -2.27. The van der Waals surface area contributed by atoms with Crippen molar-refractivity contribution < 1.29 is 34.5 Å². The summed E-state index contributed by atoms with van der Waals surface area (Å²) in [5.41, 5.74) is 2.12. The molecule has 0 bridgehead atoms. The predicted molar refractivity (Wildman–Crippen MR) is 128 cm³/mol. The van der Waals surface area contributed by atoms with Gasteiger partial charge in [-0.15, -0.1) is 0 Å². The lowest BCUT2D eigenvalue weighted by molar-refractivity contribution is -0.147. The molecule has 0 radical (unpaired) electrons. The zero-order chi connectivity index (χ0) is 25.5. The summed E-state index contributed by atoms with van der Waals surface area (Å²) in [6, 6.07) is 6.37. The fraction of sp³-hybridized carbons (Fsp3) is 0.417. The predicted octanol–water partition coefficient (Wildman–Crippen LogP) is 1.53. The molecule has 186 valence electrons. The summed E-state index contributed by atoms with van der Waals surface area (Å²) in [5.74, 6) is -3.63. The number of allylic oxidation sites excluding steroid dienone is 1. The summed E-state index contributed by atoms with van der Waals surface area (Å²) in [5, 5.41) is 32.8. The SMILES string of the molecule is C=Cc1ccccc1/C(=C\C)C(=O)NCCCCC(C(=O)O)N(CCNCC(=O)O)CC(=O)O. The molecule has 1 aromatic carbocycles. The smallest absolute Gasteiger partial charge is 0.320 e. The van der Waals surface area contributed by atoms with Crippen LogP contribution in [0.4, 0.5) is 0 Å². The normalized spacial score (nSPS) is 12.2. The molecule has 0 aliphatic carbocycles. The highest BCUT2D eigenvalue weighted by Crippen LogP contribution is 2.20. The summed E-state index contributed by atoms with van der Waals surface area (Å²) in [6.45, 7) is 5.30.